The molecule has 0 atom stereocenters. The Bertz CT molecular complexity index is 902. The highest BCUT2D eigenvalue weighted by Crippen LogP contribution is 2.27. The molecule has 2 heterocycles. The molecule has 0 saturated heterocycles. The predicted octanol–water partition coefficient (Wildman–Crippen LogP) is 1.85. The van der Waals surface area contributed by atoms with E-state index in [1.165, 1.54) is 17.4 Å². The second-order valence-corrected chi connectivity index (χ2v) is 7.04. The molecular formula is C18H26N4O4. The minimum atomic E-state index is -0.476. The molecule has 8 heteroatoms. The van der Waals surface area contributed by atoms with Crippen LogP contribution in [0.2, 0.25) is 0 Å². The number of rotatable bonds is 7. The summed E-state index contributed by atoms with van der Waals surface area (Å²) in [4.78, 5) is 43.1. The summed E-state index contributed by atoms with van der Waals surface area (Å²) in [6, 6.07) is 0. The van der Waals surface area contributed by atoms with Gasteiger partial charge in [0.1, 0.15) is 12.4 Å². The molecule has 1 saturated carbocycles. The molecule has 0 aliphatic heterocycles. The van der Waals surface area contributed by atoms with E-state index in [1.807, 2.05) is 6.92 Å². The minimum absolute atomic E-state index is 0.00184. The van der Waals surface area contributed by atoms with Gasteiger partial charge >= 0.3 is 11.7 Å². The molecule has 0 spiro atoms. The molecule has 26 heavy (non-hydrogen) atoms. The Morgan fingerprint density at radius 3 is 2.73 bits per heavy atom. The number of fused-ring (bicyclic) bond motifs is 1. The monoisotopic (exact) mass is 362 g/mol. The van der Waals surface area contributed by atoms with E-state index in [2.05, 4.69) is 9.97 Å². The average molecular weight is 362 g/mol. The third-order valence-corrected chi connectivity index (χ3v) is 5.13. The van der Waals surface area contributed by atoms with Crippen molar-refractivity contribution >= 4 is 17.1 Å². The van der Waals surface area contributed by atoms with Crippen molar-refractivity contribution in [1.82, 2.24) is 19.1 Å². The zero-order chi connectivity index (χ0) is 18.7. The van der Waals surface area contributed by atoms with Crippen molar-refractivity contribution in [3.05, 3.63) is 26.7 Å². The van der Waals surface area contributed by atoms with E-state index < -0.39 is 11.2 Å². The number of aromatic amines is 1. The van der Waals surface area contributed by atoms with Gasteiger partial charge in [0.25, 0.3) is 5.56 Å². The van der Waals surface area contributed by atoms with Gasteiger partial charge < -0.3 is 9.30 Å². The summed E-state index contributed by atoms with van der Waals surface area (Å²) in [5, 5.41) is 0. The fraction of sp³-hybridized carbons (Fsp3) is 0.667. The Kier molecular flexibility index (Phi) is 5.58. The quantitative estimate of drug-likeness (QED) is 0.758. The van der Waals surface area contributed by atoms with Crippen molar-refractivity contribution in [2.45, 2.75) is 65.0 Å². The molecule has 1 aliphatic rings. The van der Waals surface area contributed by atoms with E-state index in [1.54, 1.807) is 11.6 Å². The molecule has 1 fully saturated rings. The van der Waals surface area contributed by atoms with Gasteiger partial charge in [-0.1, -0.05) is 26.2 Å². The van der Waals surface area contributed by atoms with Crippen LogP contribution in [0.15, 0.2) is 9.59 Å². The summed E-state index contributed by atoms with van der Waals surface area (Å²) < 4.78 is 8.44. The van der Waals surface area contributed by atoms with Crippen molar-refractivity contribution in [3.63, 3.8) is 0 Å². The van der Waals surface area contributed by atoms with Gasteiger partial charge in [-0.05, 0) is 25.2 Å². The Morgan fingerprint density at radius 2 is 2.04 bits per heavy atom. The maximum Gasteiger partial charge on any atom is 0.330 e. The van der Waals surface area contributed by atoms with E-state index in [9.17, 15) is 14.4 Å². The van der Waals surface area contributed by atoms with Gasteiger partial charge in [0.15, 0.2) is 11.2 Å². The summed E-state index contributed by atoms with van der Waals surface area (Å²) in [5.74, 6) is 0.646. The number of ether oxygens (including phenoxy) is 1. The van der Waals surface area contributed by atoms with Crippen molar-refractivity contribution in [3.8, 4) is 0 Å². The minimum Gasteiger partial charge on any atom is -0.457 e. The van der Waals surface area contributed by atoms with E-state index in [4.69, 9.17) is 4.74 Å². The van der Waals surface area contributed by atoms with Crippen LogP contribution in [0.4, 0.5) is 0 Å². The Balaban J connectivity index is 1.81. The number of aryl methyl sites for hydroxylation is 2. The van der Waals surface area contributed by atoms with Gasteiger partial charge in [0, 0.05) is 20.0 Å². The second kappa shape index (κ2) is 7.88. The molecule has 2 aromatic rings. The lowest BCUT2D eigenvalue weighted by Crippen LogP contribution is -2.31. The standard InChI is InChI=1S/C18H26N4O4/c1-3-4-9-22-16-15(17(24)20-18(22)25)21(2)13(19-16)11-26-14(23)10-12-7-5-6-8-12/h12H,3-11H2,1-2H3,(H,20,24,25). The van der Waals surface area contributed by atoms with Crippen molar-refractivity contribution in [1.29, 1.82) is 0 Å². The molecule has 0 unspecified atom stereocenters. The highest BCUT2D eigenvalue weighted by Gasteiger charge is 2.21. The first kappa shape index (κ1) is 18.4. The molecule has 3 rings (SSSR count). The highest BCUT2D eigenvalue weighted by atomic mass is 16.5. The van der Waals surface area contributed by atoms with Crippen LogP contribution in [0.3, 0.4) is 0 Å². The Labute approximate surface area is 151 Å². The molecule has 0 bridgehead atoms. The lowest BCUT2D eigenvalue weighted by Gasteiger charge is -2.08. The number of nitrogens with zero attached hydrogens (tertiary/aromatic N) is 3. The number of aromatic nitrogens is 4. The van der Waals surface area contributed by atoms with Crippen LogP contribution >= 0.6 is 0 Å². The summed E-state index contributed by atoms with van der Waals surface area (Å²) >= 11 is 0. The van der Waals surface area contributed by atoms with Crippen LogP contribution in [0.5, 0.6) is 0 Å². The zero-order valence-corrected chi connectivity index (χ0v) is 15.4. The maximum absolute atomic E-state index is 12.2. The van der Waals surface area contributed by atoms with Crippen molar-refractivity contribution in [2.24, 2.45) is 13.0 Å². The lowest BCUT2D eigenvalue weighted by molar-refractivity contribution is -0.146. The van der Waals surface area contributed by atoms with E-state index in [-0.39, 0.29) is 12.6 Å². The van der Waals surface area contributed by atoms with Gasteiger partial charge in [0.2, 0.25) is 0 Å². The molecule has 8 nitrogen and oxygen atoms in total. The zero-order valence-electron chi connectivity index (χ0n) is 15.4. The number of nitrogens with one attached hydrogen (secondary N) is 1. The van der Waals surface area contributed by atoms with Gasteiger partial charge in [-0.15, -0.1) is 0 Å². The third-order valence-electron chi connectivity index (χ3n) is 5.13. The van der Waals surface area contributed by atoms with Gasteiger partial charge in [-0.25, -0.2) is 9.78 Å². The number of carbonyl (C=O) groups excluding carboxylic acids is 1. The molecular weight excluding hydrogens is 336 g/mol. The summed E-state index contributed by atoms with van der Waals surface area (Å²) in [7, 11) is 1.69. The predicted molar refractivity (Wildman–Crippen MR) is 96.9 cm³/mol. The number of hydrogen-bond donors (Lipinski definition) is 1. The fourth-order valence-corrected chi connectivity index (χ4v) is 3.60. The Morgan fingerprint density at radius 1 is 1.31 bits per heavy atom. The fourth-order valence-electron chi connectivity index (χ4n) is 3.60. The first-order valence-electron chi connectivity index (χ1n) is 9.35. The summed E-state index contributed by atoms with van der Waals surface area (Å²) in [6.45, 7) is 2.51. The molecule has 2 aromatic heterocycles. The molecule has 0 amide bonds. The second-order valence-electron chi connectivity index (χ2n) is 7.04. The van der Waals surface area contributed by atoms with Crippen LogP contribution in [-0.4, -0.2) is 25.1 Å². The topological polar surface area (TPSA) is 99.0 Å². The van der Waals surface area contributed by atoms with Crippen molar-refractivity contribution in [2.75, 3.05) is 0 Å². The highest BCUT2D eigenvalue weighted by molar-refractivity contribution is 5.71. The third kappa shape index (κ3) is 3.73. The van der Waals surface area contributed by atoms with Crippen LogP contribution in [-0.2, 0) is 29.7 Å². The summed E-state index contributed by atoms with van der Waals surface area (Å²) in [6.07, 6.45) is 6.70. The molecule has 0 radical (unpaired) electrons. The first-order valence-corrected chi connectivity index (χ1v) is 9.35. The van der Waals surface area contributed by atoms with E-state index >= 15 is 0 Å². The first-order chi connectivity index (χ1) is 12.5. The van der Waals surface area contributed by atoms with Gasteiger partial charge in [-0.3, -0.25) is 19.1 Å². The van der Waals surface area contributed by atoms with Gasteiger partial charge in [-0.2, -0.15) is 0 Å². The van der Waals surface area contributed by atoms with Crippen molar-refractivity contribution < 1.29 is 9.53 Å². The molecule has 1 N–H and O–H groups in total. The Hall–Kier alpha value is -2.38. The van der Waals surface area contributed by atoms with Crippen LogP contribution in [0.1, 0.15) is 57.7 Å². The normalized spacial score (nSPS) is 15.0. The maximum atomic E-state index is 12.2. The van der Waals surface area contributed by atoms with Gasteiger partial charge in [0.05, 0.1) is 0 Å². The SMILES string of the molecule is CCCCn1c(=O)[nH]c(=O)c2c1nc(COC(=O)CC1CCCC1)n2C. The number of esters is 1. The smallest absolute Gasteiger partial charge is 0.330 e. The molecule has 142 valence electrons. The number of unbranched alkanes of at least 4 members (excludes halogenated alkanes) is 1. The number of imidazole rings is 1. The lowest BCUT2D eigenvalue weighted by atomic mass is 10.1. The number of carbonyl (C=O) groups is 1. The van der Waals surface area contributed by atoms with Crippen LogP contribution in [0, 0.1) is 5.92 Å². The number of H-pyrrole nitrogens is 1. The van der Waals surface area contributed by atoms with Crippen LogP contribution < -0.4 is 11.2 Å². The number of hydrogen-bond acceptors (Lipinski definition) is 5. The molecule has 1 aliphatic carbocycles. The van der Waals surface area contributed by atoms with E-state index in [0.29, 0.717) is 35.9 Å². The summed E-state index contributed by atoms with van der Waals surface area (Å²) in [5.41, 5.74) is -0.269. The largest absolute Gasteiger partial charge is 0.457 e. The van der Waals surface area contributed by atoms with Crippen LogP contribution in [0.25, 0.3) is 11.2 Å². The van der Waals surface area contributed by atoms with E-state index in [0.717, 1.165) is 25.7 Å². The average Bonchev–Trinajstić information content (AvgIpc) is 3.21. The molecule has 0 aromatic carbocycles.